The second kappa shape index (κ2) is 5.16. The van der Waals surface area contributed by atoms with Crippen molar-refractivity contribution in [2.45, 2.75) is 12.2 Å². The summed E-state index contributed by atoms with van der Waals surface area (Å²) in [5, 5.41) is 9.04. The molecule has 1 aromatic heterocycles. The Kier molecular flexibility index (Phi) is 4.10. The van der Waals surface area contributed by atoms with Crippen molar-refractivity contribution in [2.75, 3.05) is 5.75 Å². The molecule has 0 saturated carbocycles. The van der Waals surface area contributed by atoms with Gasteiger partial charge in [-0.2, -0.15) is 11.8 Å². The largest absolute Gasteiger partial charge is 0.388 e. The van der Waals surface area contributed by atoms with Crippen molar-refractivity contribution in [3.63, 3.8) is 0 Å². The molecule has 0 unspecified atom stereocenters. The van der Waals surface area contributed by atoms with E-state index in [4.69, 9.17) is 11.1 Å². The molecule has 0 radical (unpaired) electrons. The normalized spacial score (nSPS) is 10.0. The molecule has 0 aromatic carbocycles. The van der Waals surface area contributed by atoms with E-state index in [9.17, 15) is 0 Å². The highest BCUT2D eigenvalue weighted by Crippen LogP contribution is 2.12. The number of thiazole rings is 1. The topological polar surface area (TPSA) is 62.8 Å². The van der Waals surface area contributed by atoms with Gasteiger partial charge in [-0.1, -0.05) is 0 Å². The van der Waals surface area contributed by atoms with Gasteiger partial charge in [0.2, 0.25) is 0 Å². The number of hydrogen-bond acceptors (Lipinski definition) is 4. The number of nitrogens with zero attached hydrogens (tertiary/aromatic N) is 1. The van der Waals surface area contributed by atoms with E-state index in [-0.39, 0.29) is 5.84 Å². The third kappa shape index (κ3) is 3.73. The Morgan fingerprint density at radius 1 is 1.75 bits per heavy atom. The number of rotatable bonds is 5. The number of hydrogen-bond donors (Lipinski definition) is 2. The smallest absolute Gasteiger partial charge is 0.0913 e. The fourth-order valence-corrected chi connectivity index (χ4v) is 2.21. The molecular formula is C7H11N3S2. The van der Waals surface area contributed by atoms with Crippen LogP contribution >= 0.6 is 23.1 Å². The average molecular weight is 201 g/mol. The monoisotopic (exact) mass is 201 g/mol. The molecule has 3 nitrogen and oxygen atoms in total. The highest BCUT2D eigenvalue weighted by molar-refractivity contribution is 7.98. The Morgan fingerprint density at radius 2 is 2.58 bits per heavy atom. The zero-order valence-corrected chi connectivity index (χ0v) is 8.25. The third-order valence-electron chi connectivity index (χ3n) is 1.25. The molecule has 1 rings (SSSR count). The lowest BCUT2D eigenvalue weighted by Crippen LogP contribution is -2.09. The zero-order chi connectivity index (χ0) is 8.81. The van der Waals surface area contributed by atoms with Crippen LogP contribution in [0.15, 0.2) is 10.9 Å². The molecule has 5 heteroatoms. The molecule has 0 aliphatic rings. The van der Waals surface area contributed by atoms with Gasteiger partial charge < -0.3 is 5.73 Å². The van der Waals surface area contributed by atoms with Crippen LogP contribution in [0.1, 0.15) is 12.1 Å². The molecule has 0 saturated heterocycles. The molecule has 0 spiro atoms. The number of nitrogens with one attached hydrogen (secondary N) is 1. The van der Waals surface area contributed by atoms with Gasteiger partial charge in [-0.05, 0) is 0 Å². The van der Waals surface area contributed by atoms with Crippen LogP contribution in [0.4, 0.5) is 0 Å². The van der Waals surface area contributed by atoms with E-state index < -0.39 is 0 Å². The predicted molar refractivity (Wildman–Crippen MR) is 54.8 cm³/mol. The first-order valence-electron chi connectivity index (χ1n) is 3.57. The highest BCUT2D eigenvalue weighted by Gasteiger charge is 1.95. The van der Waals surface area contributed by atoms with Crippen LogP contribution in [-0.4, -0.2) is 16.6 Å². The Bertz CT molecular complexity index is 233. The Hall–Kier alpha value is -0.550. The van der Waals surface area contributed by atoms with E-state index in [1.165, 1.54) is 0 Å². The van der Waals surface area contributed by atoms with Gasteiger partial charge in [0.05, 0.1) is 17.0 Å². The molecule has 0 amide bonds. The van der Waals surface area contributed by atoms with Crippen LogP contribution in [0.5, 0.6) is 0 Å². The standard InChI is InChI=1S/C7H11N3S2/c8-7(9)1-2-11-3-6-4-12-5-10-6/h4-5H,1-3H2,(H3,8,9). The summed E-state index contributed by atoms with van der Waals surface area (Å²) in [6.45, 7) is 0. The molecule has 12 heavy (non-hydrogen) atoms. The number of amidine groups is 1. The van der Waals surface area contributed by atoms with Gasteiger partial charge in [0.15, 0.2) is 0 Å². The lowest BCUT2D eigenvalue weighted by Gasteiger charge is -1.97. The van der Waals surface area contributed by atoms with Crippen LogP contribution < -0.4 is 5.73 Å². The van der Waals surface area contributed by atoms with Gasteiger partial charge in [0.1, 0.15) is 0 Å². The van der Waals surface area contributed by atoms with Gasteiger partial charge in [-0.15, -0.1) is 11.3 Å². The van der Waals surface area contributed by atoms with E-state index in [2.05, 4.69) is 4.98 Å². The molecule has 0 aliphatic carbocycles. The van der Waals surface area contributed by atoms with Gasteiger partial charge >= 0.3 is 0 Å². The average Bonchev–Trinajstić information content (AvgIpc) is 2.49. The maximum atomic E-state index is 7.00. The maximum Gasteiger partial charge on any atom is 0.0913 e. The summed E-state index contributed by atoms with van der Waals surface area (Å²) >= 11 is 3.38. The van der Waals surface area contributed by atoms with Crippen LogP contribution in [0.3, 0.4) is 0 Å². The first-order valence-corrected chi connectivity index (χ1v) is 5.66. The minimum absolute atomic E-state index is 0.265. The third-order valence-corrected chi connectivity index (χ3v) is 2.88. The Labute approximate surface area is 79.9 Å². The van der Waals surface area contributed by atoms with E-state index in [1.807, 2.05) is 10.9 Å². The quantitative estimate of drug-likeness (QED) is 0.433. The SMILES string of the molecule is N=C(N)CCSCc1cscn1. The van der Waals surface area contributed by atoms with Gasteiger partial charge in [-0.3, -0.25) is 5.41 Å². The lowest BCUT2D eigenvalue weighted by molar-refractivity contribution is 1.20. The van der Waals surface area contributed by atoms with Crippen LogP contribution in [0.2, 0.25) is 0 Å². The summed E-state index contributed by atoms with van der Waals surface area (Å²) in [6.07, 6.45) is 0.675. The lowest BCUT2D eigenvalue weighted by atomic mass is 10.5. The minimum Gasteiger partial charge on any atom is -0.388 e. The predicted octanol–water partition coefficient (Wildman–Crippen LogP) is 1.70. The number of aromatic nitrogens is 1. The van der Waals surface area contributed by atoms with Crippen molar-refractivity contribution in [1.29, 1.82) is 5.41 Å². The van der Waals surface area contributed by atoms with E-state index in [0.717, 1.165) is 17.2 Å². The molecule has 0 fully saturated rings. The molecule has 0 atom stereocenters. The van der Waals surface area contributed by atoms with Crippen LogP contribution in [-0.2, 0) is 5.75 Å². The summed E-state index contributed by atoms with van der Waals surface area (Å²) < 4.78 is 0. The molecule has 1 aromatic rings. The van der Waals surface area contributed by atoms with Crippen molar-refractivity contribution in [3.05, 3.63) is 16.6 Å². The van der Waals surface area contributed by atoms with Crippen molar-refractivity contribution in [3.8, 4) is 0 Å². The molecule has 66 valence electrons. The molecule has 3 N–H and O–H groups in total. The molecular weight excluding hydrogens is 190 g/mol. The molecule has 0 bridgehead atoms. The van der Waals surface area contributed by atoms with Gasteiger partial charge in [-0.25, -0.2) is 4.98 Å². The fraction of sp³-hybridized carbons (Fsp3) is 0.429. The summed E-state index contributed by atoms with van der Waals surface area (Å²) in [7, 11) is 0. The fourth-order valence-electron chi connectivity index (χ4n) is 0.668. The maximum absolute atomic E-state index is 7.00. The number of nitrogens with two attached hydrogens (primary N) is 1. The summed E-state index contributed by atoms with van der Waals surface area (Å²) in [5.41, 5.74) is 8.16. The van der Waals surface area contributed by atoms with Crippen molar-refractivity contribution >= 4 is 28.9 Å². The Morgan fingerprint density at radius 3 is 3.17 bits per heavy atom. The second-order valence-electron chi connectivity index (χ2n) is 2.31. The van der Waals surface area contributed by atoms with Crippen LogP contribution in [0.25, 0.3) is 0 Å². The highest BCUT2D eigenvalue weighted by atomic mass is 32.2. The van der Waals surface area contributed by atoms with Crippen molar-refractivity contribution in [1.82, 2.24) is 4.98 Å². The van der Waals surface area contributed by atoms with Crippen molar-refractivity contribution < 1.29 is 0 Å². The summed E-state index contributed by atoms with van der Waals surface area (Å²) in [5.74, 6) is 2.10. The second-order valence-corrected chi connectivity index (χ2v) is 4.13. The molecule has 0 aliphatic heterocycles. The van der Waals surface area contributed by atoms with Gasteiger partial charge in [0, 0.05) is 23.3 Å². The first-order chi connectivity index (χ1) is 5.79. The van der Waals surface area contributed by atoms with E-state index >= 15 is 0 Å². The van der Waals surface area contributed by atoms with E-state index in [0.29, 0.717) is 6.42 Å². The number of thioether (sulfide) groups is 1. The van der Waals surface area contributed by atoms with Crippen molar-refractivity contribution in [2.24, 2.45) is 5.73 Å². The minimum atomic E-state index is 0.265. The van der Waals surface area contributed by atoms with E-state index in [1.54, 1.807) is 23.1 Å². The molecule has 1 heterocycles. The summed E-state index contributed by atoms with van der Waals surface area (Å²) in [4.78, 5) is 4.15. The summed E-state index contributed by atoms with van der Waals surface area (Å²) in [6, 6.07) is 0. The van der Waals surface area contributed by atoms with Gasteiger partial charge in [0.25, 0.3) is 0 Å². The van der Waals surface area contributed by atoms with Crippen LogP contribution in [0, 0.1) is 5.41 Å². The first kappa shape index (κ1) is 9.54. The zero-order valence-electron chi connectivity index (χ0n) is 6.62. The Balaban J connectivity index is 2.07.